The monoisotopic (exact) mass is 266 g/mol. The highest BCUT2D eigenvalue weighted by atomic mass is 19.1. The molecule has 0 aliphatic carbocycles. The zero-order valence-electron chi connectivity index (χ0n) is 12.5. The van der Waals surface area contributed by atoms with Crippen molar-refractivity contribution in [2.24, 2.45) is 0 Å². The van der Waals surface area contributed by atoms with Gasteiger partial charge >= 0.3 is 0 Å². The summed E-state index contributed by atoms with van der Waals surface area (Å²) in [5.41, 5.74) is 0.935. The third kappa shape index (κ3) is 6.15. The van der Waals surface area contributed by atoms with Crippen LogP contribution in [0.3, 0.4) is 0 Å². The van der Waals surface area contributed by atoms with E-state index in [1.165, 1.54) is 44.4 Å². The molecule has 108 valence electrons. The molecule has 19 heavy (non-hydrogen) atoms. The van der Waals surface area contributed by atoms with E-state index in [0.717, 1.165) is 12.1 Å². The van der Waals surface area contributed by atoms with Gasteiger partial charge in [-0.1, -0.05) is 39.5 Å². The summed E-state index contributed by atoms with van der Waals surface area (Å²) >= 11 is 0. The van der Waals surface area contributed by atoms with Gasteiger partial charge in [0.2, 0.25) is 0 Å². The van der Waals surface area contributed by atoms with Crippen molar-refractivity contribution in [1.29, 1.82) is 0 Å². The predicted molar refractivity (Wildman–Crippen MR) is 78.6 cm³/mol. The van der Waals surface area contributed by atoms with Crippen molar-refractivity contribution in [3.05, 3.63) is 29.8 Å². The molecule has 0 bridgehead atoms. The van der Waals surface area contributed by atoms with Crippen molar-refractivity contribution < 1.29 is 4.39 Å². The van der Waals surface area contributed by atoms with Gasteiger partial charge in [0.05, 0.1) is 11.9 Å². The number of hydrogen-bond donors (Lipinski definition) is 1. The third-order valence-corrected chi connectivity index (χ3v) is 3.49. The van der Waals surface area contributed by atoms with Gasteiger partial charge in [0.1, 0.15) is 5.82 Å². The molecule has 0 saturated carbocycles. The van der Waals surface area contributed by atoms with E-state index < -0.39 is 0 Å². The summed E-state index contributed by atoms with van der Waals surface area (Å²) in [6.07, 6.45) is 8.65. The maximum atomic E-state index is 12.9. The van der Waals surface area contributed by atoms with Gasteiger partial charge in [0.15, 0.2) is 0 Å². The first-order valence-corrected chi connectivity index (χ1v) is 7.54. The predicted octanol–water partition coefficient (Wildman–Crippen LogP) is 4.62. The second-order valence-corrected chi connectivity index (χ2v) is 5.28. The fraction of sp³-hybridized carbons (Fsp3) is 0.688. The number of aromatic nitrogens is 1. The molecule has 2 nitrogen and oxygen atoms in total. The van der Waals surface area contributed by atoms with Crippen LogP contribution < -0.4 is 5.32 Å². The lowest BCUT2D eigenvalue weighted by Crippen LogP contribution is -2.30. The van der Waals surface area contributed by atoms with Crippen molar-refractivity contribution in [2.75, 3.05) is 0 Å². The van der Waals surface area contributed by atoms with Crippen LogP contribution in [-0.4, -0.2) is 11.0 Å². The largest absolute Gasteiger partial charge is 0.306 e. The number of pyridine rings is 1. The third-order valence-electron chi connectivity index (χ3n) is 3.49. The molecule has 0 aromatic carbocycles. The van der Waals surface area contributed by atoms with Gasteiger partial charge in [0.25, 0.3) is 0 Å². The van der Waals surface area contributed by atoms with Gasteiger partial charge in [-0.05, 0) is 31.9 Å². The van der Waals surface area contributed by atoms with Crippen LogP contribution in [0.1, 0.15) is 71.0 Å². The lowest BCUT2D eigenvalue weighted by atomic mass is 10.1. The summed E-state index contributed by atoms with van der Waals surface area (Å²) in [6.45, 7) is 6.58. The number of nitrogens with zero attached hydrogens (tertiary/aromatic N) is 1. The smallest absolute Gasteiger partial charge is 0.141 e. The lowest BCUT2D eigenvalue weighted by molar-refractivity contribution is 0.407. The SMILES string of the molecule is CCCCCCC(C)NC(CC)c1ccc(F)cn1. The fourth-order valence-corrected chi connectivity index (χ4v) is 2.31. The Morgan fingerprint density at radius 1 is 1.21 bits per heavy atom. The van der Waals surface area contributed by atoms with Gasteiger partial charge in [-0.25, -0.2) is 4.39 Å². The van der Waals surface area contributed by atoms with Crippen molar-refractivity contribution in [3.63, 3.8) is 0 Å². The molecule has 1 heterocycles. The van der Waals surface area contributed by atoms with E-state index in [-0.39, 0.29) is 11.9 Å². The molecule has 1 aromatic rings. The van der Waals surface area contributed by atoms with Crippen LogP contribution in [0.5, 0.6) is 0 Å². The zero-order chi connectivity index (χ0) is 14.1. The molecular weight excluding hydrogens is 239 g/mol. The van der Waals surface area contributed by atoms with E-state index in [1.54, 1.807) is 6.07 Å². The van der Waals surface area contributed by atoms with E-state index in [1.807, 2.05) is 0 Å². The molecule has 0 fully saturated rings. The Morgan fingerprint density at radius 2 is 2.00 bits per heavy atom. The molecule has 1 rings (SSSR count). The molecule has 0 aliphatic heterocycles. The molecule has 1 N–H and O–H groups in total. The topological polar surface area (TPSA) is 24.9 Å². The number of rotatable bonds is 9. The summed E-state index contributed by atoms with van der Waals surface area (Å²) in [5, 5.41) is 3.59. The Morgan fingerprint density at radius 3 is 2.58 bits per heavy atom. The van der Waals surface area contributed by atoms with E-state index in [4.69, 9.17) is 0 Å². The summed E-state index contributed by atoms with van der Waals surface area (Å²) < 4.78 is 12.9. The second kappa shape index (κ2) is 9.03. The van der Waals surface area contributed by atoms with Crippen LogP contribution in [0.15, 0.2) is 18.3 Å². The zero-order valence-corrected chi connectivity index (χ0v) is 12.5. The van der Waals surface area contributed by atoms with Gasteiger partial charge in [-0.15, -0.1) is 0 Å². The molecule has 0 amide bonds. The maximum absolute atomic E-state index is 12.9. The highest BCUT2D eigenvalue weighted by Crippen LogP contribution is 2.16. The normalized spacial score (nSPS) is 14.3. The van der Waals surface area contributed by atoms with Gasteiger partial charge in [0, 0.05) is 12.1 Å². The minimum absolute atomic E-state index is 0.224. The van der Waals surface area contributed by atoms with Gasteiger partial charge < -0.3 is 5.32 Å². The summed E-state index contributed by atoms with van der Waals surface area (Å²) in [5.74, 6) is -0.272. The molecule has 2 atom stereocenters. The van der Waals surface area contributed by atoms with Crippen LogP contribution in [0, 0.1) is 5.82 Å². The summed E-state index contributed by atoms with van der Waals surface area (Å²) in [7, 11) is 0. The summed E-state index contributed by atoms with van der Waals surface area (Å²) in [6, 6.07) is 3.97. The van der Waals surface area contributed by atoms with Crippen LogP contribution in [-0.2, 0) is 0 Å². The highest BCUT2D eigenvalue weighted by Gasteiger charge is 2.13. The first kappa shape index (κ1) is 16.1. The number of halogens is 1. The molecule has 1 aromatic heterocycles. The molecular formula is C16H27FN2. The van der Waals surface area contributed by atoms with Crippen LogP contribution >= 0.6 is 0 Å². The molecule has 0 spiro atoms. The van der Waals surface area contributed by atoms with Gasteiger partial charge in [-0.2, -0.15) is 0 Å². The molecule has 0 saturated heterocycles. The Kier molecular flexibility index (Phi) is 7.65. The van der Waals surface area contributed by atoms with Crippen LogP contribution in [0.2, 0.25) is 0 Å². The average molecular weight is 266 g/mol. The van der Waals surface area contributed by atoms with Crippen molar-refractivity contribution in [2.45, 2.75) is 71.4 Å². The van der Waals surface area contributed by atoms with E-state index in [2.05, 4.69) is 31.1 Å². The molecule has 0 aliphatic rings. The van der Waals surface area contributed by atoms with Crippen molar-refractivity contribution in [1.82, 2.24) is 10.3 Å². The van der Waals surface area contributed by atoms with Crippen molar-refractivity contribution >= 4 is 0 Å². The maximum Gasteiger partial charge on any atom is 0.141 e. The second-order valence-electron chi connectivity index (χ2n) is 5.28. The average Bonchev–Trinajstić information content (AvgIpc) is 2.42. The Hall–Kier alpha value is -0.960. The fourth-order valence-electron chi connectivity index (χ4n) is 2.31. The lowest BCUT2D eigenvalue weighted by Gasteiger charge is -2.22. The Bertz CT molecular complexity index is 337. The number of nitrogens with one attached hydrogen (secondary N) is 1. The molecule has 0 radical (unpaired) electrons. The Labute approximate surface area is 116 Å². The van der Waals surface area contributed by atoms with Crippen molar-refractivity contribution in [3.8, 4) is 0 Å². The molecule has 3 heteroatoms. The standard InChI is InChI=1S/C16H27FN2/c1-4-6-7-8-9-13(3)19-15(5-2)16-11-10-14(17)12-18-16/h10-13,15,19H,4-9H2,1-3H3. The van der Waals surface area contributed by atoms with E-state index in [9.17, 15) is 4.39 Å². The minimum atomic E-state index is -0.272. The quantitative estimate of drug-likeness (QED) is 0.660. The van der Waals surface area contributed by atoms with Crippen LogP contribution in [0.4, 0.5) is 4.39 Å². The Balaban J connectivity index is 2.41. The summed E-state index contributed by atoms with van der Waals surface area (Å²) in [4.78, 5) is 4.17. The van der Waals surface area contributed by atoms with E-state index in [0.29, 0.717) is 6.04 Å². The molecule has 2 unspecified atom stereocenters. The first-order chi connectivity index (χ1) is 9.17. The number of hydrogen-bond acceptors (Lipinski definition) is 2. The highest BCUT2D eigenvalue weighted by molar-refractivity contribution is 5.09. The number of unbranched alkanes of at least 4 members (excludes halogenated alkanes) is 3. The van der Waals surface area contributed by atoms with Crippen LogP contribution in [0.25, 0.3) is 0 Å². The van der Waals surface area contributed by atoms with Gasteiger partial charge in [-0.3, -0.25) is 4.98 Å². The first-order valence-electron chi connectivity index (χ1n) is 7.54. The minimum Gasteiger partial charge on any atom is -0.306 e. The van der Waals surface area contributed by atoms with E-state index >= 15 is 0 Å².